The lowest BCUT2D eigenvalue weighted by Gasteiger charge is -2.17. The van der Waals surface area contributed by atoms with E-state index in [-0.39, 0.29) is 24.8 Å². The molecule has 0 amide bonds. The SMILES string of the molecule is COCCn1c(=O)c2c(ncn2[C@@H](C)c2ccccc2)n(-c2ccccc2OC)c1=O. The van der Waals surface area contributed by atoms with Crippen LogP contribution in [0.3, 0.4) is 0 Å². The van der Waals surface area contributed by atoms with Crippen molar-refractivity contribution < 1.29 is 9.47 Å². The molecule has 0 aliphatic rings. The average molecular weight is 420 g/mol. The maximum absolute atomic E-state index is 13.4. The van der Waals surface area contributed by atoms with Crippen LogP contribution in [0.1, 0.15) is 18.5 Å². The smallest absolute Gasteiger partial charge is 0.337 e. The van der Waals surface area contributed by atoms with Gasteiger partial charge in [-0.3, -0.25) is 9.36 Å². The number of hydrogen-bond acceptors (Lipinski definition) is 5. The summed E-state index contributed by atoms with van der Waals surface area (Å²) in [5.74, 6) is 0.508. The van der Waals surface area contributed by atoms with E-state index in [1.165, 1.54) is 23.4 Å². The van der Waals surface area contributed by atoms with Gasteiger partial charge in [0, 0.05) is 7.11 Å². The molecule has 4 rings (SSSR count). The molecule has 160 valence electrons. The second-order valence-corrected chi connectivity index (χ2v) is 7.15. The second kappa shape index (κ2) is 8.61. The van der Waals surface area contributed by atoms with E-state index < -0.39 is 11.2 Å². The number of ether oxygens (including phenoxy) is 2. The molecule has 1 atom stereocenters. The summed E-state index contributed by atoms with van der Waals surface area (Å²) >= 11 is 0. The number of benzene rings is 2. The van der Waals surface area contributed by atoms with Gasteiger partial charge in [0.2, 0.25) is 0 Å². The van der Waals surface area contributed by atoms with Gasteiger partial charge in [0.25, 0.3) is 5.56 Å². The molecule has 0 aliphatic heterocycles. The highest BCUT2D eigenvalue weighted by atomic mass is 16.5. The molecule has 0 fully saturated rings. The molecule has 0 spiro atoms. The van der Waals surface area contributed by atoms with Crippen LogP contribution < -0.4 is 16.0 Å². The van der Waals surface area contributed by atoms with Gasteiger partial charge in [-0.25, -0.2) is 14.3 Å². The third-order valence-electron chi connectivity index (χ3n) is 5.40. The molecule has 0 saturated heterocycles. The number of aromatic nitrogens is 4. The average Bonchev–Trinajstić information content (AvgIpc) is 3.24. The van der Waals surface area contributed by atoms with Crippen molar-refractivity contribution in [3.8, 4) is 11.4 Å². The lowest BCUT2D eigenvalue weighted by molar-refractivity contribution is 0.184. The Balaban J connectivity index is 2.05. The summed E-state index contributed by atoms with van der Waals surface area (Å²) < 4.78 is 15.0. The van der Waals surface area contributed by atoms with E-state index in [0.29, 0.717) is 17.0 Å². The Labute approximate surface area is 178 Å². The largest absolute Gasteiger partial charge is 0.495 e. The summed E-state index contributed by atoms with van der Waals surface area (Å²) in [6.45, 7) is 2.35. The number of hydrogen-bond donors (Lipinski definition) is 0. The number of imidazole rings is 1. The third kappa shape index (κ3) is 3.55. The minimum Gasteiger partial charge on any atom is -0.495 e. The molecule has 0 N–H and O–H groups in total. The van der Waals surface area contributed by atoms with Crippen molar-refractivity contribution >= 4 is 11.2 Å². The van der Waals surface area contributed by atoms with Crippen molar-refractivity contribution in [1.82, 2.24) is 18.7 Å². The summed E-state index contributed by atoms with van der Waals surface area (Å²) in [4.78, 5) is 31.3. The fourth-order valence-corrected chi connectivity index (χ4v) is 3.74. The van der Waals surface area contributed by atoms with Crippen LogP contribution in [0.25, 0.3) is 16.9 Å². The van der Waals surface area contributed by atoms with Crippen LogP contribution in [0.4, 0.5) is 0 Å². The lowest BCUT2D eigenvalue weighted by atomic mass is 10.1. The highest BCUT2D eigenvalue weighted by Crippen LogP contribution is 2.25. The van der Waals surface area contributed by atoms with Crippen molar-refractivity contribution in [3.05, 3.63) is 87.3 Å². The van der Waals surface area contributed by atoms with Gasteiger partial charge in [-0.05, 0) is 24.6 Å². The first kappa shape index (κ1) is 20.6. The molecule has 8 heteroatoms. The van der Waals surface area contributed by atoms with Crippen LogP contribution >= 0.6 is 0 Å². The van der Waals surface area contributed by atoms with Crippen LogP contribution in [-0.4, -0.2) is 39.5 Å². The van der Waals surface area contributed by atoms with Gasteiger partial charge in [0.05, 0.1) is 38.3 Å². The van der Waals surface area contributed by atoms with Crippen LogP contribution in [0, 0.1) is 0 Å². The van der Waals surface area contributed by atoms with E-state index in [9.17, 15) is 9.59 Å². The first-order valence-electron chi connectivity index (χ1n) is 9.98. The monoisotopic (exact) mass is 420 g/mol. The molecule has 2 aromatic heterocycles. The summed E-state index contributed by atoms with van der Waals surface area (Å²) in [5.41, 5.74) is 1.29. The van der Waals surface area contributed by atoms with Gasteiger partial charge in [-0.15, -0.1) is 0 Å². The van der Waals surface area contributed by atoms with Crippen LogP contribution in [0.2, 0.25) is 0 Å². The Morgan fingerprint density at radius 2 is 1.71 bits per heavy atom. The predicted molar refractivity (Wildman–Crippen MR) is 118 cm³/mol. The molecule has 8 nitrogen and oxygen atoms in total. The molecule has 0 radical (unpaired) electrons. The maximum Gasteiger partial charge on any atom is 0.337 e. The Morgan fingerprint density at radius 3 is 2.42 bits per heavy atom. The van der Waals surface area contributed by atoms with Crippen molar-refractivity contribution in [3.63, 3.8) is 0 Å². The van der Waals surface area contributed by atoms with Crippen LogP contribution in [-0.2, 0) is 11.3 Å². The normalized spacial score (nSPS) is 12.2. The fraction of sp³-hybridized carbons (Fsp3) is 0.261. The van der Waals surface area contributed by atoms with Gasteiger partial charge in [-0.2, -0.15) is 0 Å². The minimum absolute atomic E-state index is 0.129. The van der Waals surface area contributed by atoms with E-state index in [1.54, 1.807) is 18.5 Å². The molecule has 2 heterocycles. The molecule has 31 heavy (non-hydrogen) atoms. The molecular formula is C23H24N4O4. The Morgan fingerprint density at radius 1 is 1.00 bits per heavy atom. The maximum atomic E-state index is 13.4. The zero-order valence-corrected chi connectivity index (χ0v) is 17.7. The molecule has 0 unspecified atom stereocenters. The Bertz CT molecular complexity index is 1320. The van der Waals surface area contributed by atoms with E-state index in [0.717, 1.165) is 5.56 Å². The van der Waals surface area contributed by atoms with E-state index in [1.807, 2.05) is 54.0 Å². The summed E-state index contributed by atoms with van der Waals surface area (Å²) in [6.07, 6.45) is 1.61. The minimum atomic E-state index is -0.489. The standard InChI is InChI=1S/C23H24N4O4/c1-16(17-9-5-4-6-10-17)26-15-24-21-20(26)22(28)25(13-14-30-2)23(29)27(21)18-11-7-8-12-19(18)31-3/h4-12,15-16H,13-14H2,1-3H3/t16-/m0/s1. The molecule has 0 bridgehead atoms. The van der Waals surface area contributed by atoms with Gasteiger partial charge in [0.1, 0.15) is 5.75 Å². The number of para-hydroxylation sites is 2. The number of methoxy groups -OCH3 is 2. The van der Waals surface area contributed by atoms with Crippen molar-refractivity contribution in [2.45, 2.75) is 19.5 Å². The first-order chi connectivity index (χ1) is 15.1. The quantitative estimate of drug-likeness (QED) is 0.459. The Hall–Kier alpha value is -3.65. The lowest BCUT2D eigenvalue weighted by Crippen LogP contribution is -2.41. The highest BCUT2D eigenvalue weighted by Gasteiger charge is 2.23. The third-order valence-corrected chi connectivity index (χ3v) is 5.40. The molecule has 2 aromatic carbocycles. The molecule has 0 aliphatic carbocycles. The number of rotatable bonds is 7. The molecule has 0 saturated carbocycles. The van der Waals surface area contributed by atoms with E-state index >= 15 is 0 Å². The summed E-state index contributed by atoms with van der Waals surface area (Å²) in [5, 5.41) is 0. The molecule has 4 aromatic rings. The van der Waals surface area contributed by atoms with E-state index in [4.69, 9.17) is 9.47 Å². The zero-order chi connectivity index (χ0) is 22.0. The summed E-state index contributed by atoms with van der Waals surface area (Å²) in [7, 11) is 3.07. The number of nitrogens with zero attached hydrogens (tertiary/aromatic N) is 4. The van der Waals surface area contributed by atoms with Gasteiger partial charge in [0.15, 0.2) is 11.2 Å². The highest BCUT2D eigenvalue weighted by molar-refractivity contribution is 5.73. The van der Waals surface area contributed by atoms with Gasteiger partial charge >= 0.3 is 5.69 Å². The summed E-state index contributed by atoms with van der Waals surface area (Å²) in [6, 6.07) is 16.8. The zero-order valence-electron chi connectivity index (χ0n) is 17.7. The predicted octanol–water partition coefficient (Wildman–Crippen LogP) is 2.61. The van der Waals surface area contributed by atoms with E-state index in [2.05, 4.69) is 4.98 Å². The second-order valence-electron chi connectivity index (χ2n) is 7.15. The number of fused-ring (bicyclic) bond motifs is 1. The molecular weight excluding hydrogens is 396 g/mol. The first-order valence-corrected chi connectivity index (χ1v) is 9.98. The van der Waals surface area contributed by atoms with Gasteiger partial charge in [-0.1, -0.05) is 42.5 Å². The topological polar surface area (TPSA) is 80.3 Å². The van der Waals surface area contributed by atoms with Crippen molar-refractivity contribution in [2.24, 2.45) is 0 Å². The van der Waals surface area contributed by atoms with Crippen LogP contribution in [0.5, 0.6) is 5.75 Å². The Kier molecular flexibility index (Phi) is 5.73. The fourth-order valence-electron chi connectivity index (χ4n) is 3.74. The van der Waals surface area contributed by atoms with Gasteiger partial charge < -0.3 is 14.0 Å². The van der Waals surface area contributed by atoms with Crippen LogP contribution in [0.15, 0.2) is 70.5 Å². The van der Waals surface area contributed by atoms with Crippen molar-refractivity contribution in [2.75, 3.05) is 20.8 Å². The van der Waals surface area contributed by atoms with Crippen molar-refractivity contribution in [1.29, 1.82) is 0 Å².